The highest BCUT2D eigenvalue weighted by molar-refractivity contribution is 7.84. The van der Waals surface area contributed by atoms with Crippen LogP contribution in [0.1, 0.15) is 18.9 Å². The summed E-state index contributed by atoms with van der Waals surface area (Å²) in [6.45, 7) is 3.68. The molecule has 1 aromatic carbocycles. The van der Waals surface area contributed by atoms with E-state index in [9.17, 15) is 4.21 Å². The van der Waals surface area contributed by atoms with Gasteiger partial charge in [-0.15, -0.1) is 0 Å². The summed E-state index contributed by atoms with van der Waals surface area (Å²) in [5.41, 5.74) is 1.13. The summed E-state index contributed by atoms with van der Waals surface area (Å²) in [6, 6.07) is 10.1. The van der Waals surface area contributed by atoms with Crippen LogP contribution in [-0.2, 0) is 21.3 Å². The molecule has 2 unspecified atom stereocenters. The Labute approximate surface area is 112 Å². The minimum absolute atomic E-state index is 0.180. The van der Waals surface area contributed by atoms with Crippen molar-refractivity contribution >= 4 is 10.8 Å². The largest absolute Gasteiger partial charge is 0.383 e. The molecule has 2 atom stereocenters. The summed E-state index contributed by atoms with van der Waals surface area (Å²) in [4.78, 5) is 0. The van der Waals surface area contributed by atoms with E-state index in [0.717, 1.165) is 18.5 Å². The van der Waals surface area contributed by atoms with Crippen molar-refractivity contribution < 1.29 is 8.95 Å². The maximum absolute atomic E-state index is 12.1. The van der Waals surface area contributed by atoms with E-state index in [-0.39, 0.29) is 6.04 Å². The van der Waals surface area contributed by atoms with Crippen molar-refractivity contribution in [1.29, 1.82) is 0 Å². The zero-order valence-electron chi connectivity index (χ0n) is 11.2. The van der Waals surface area contributed by atoms with Crippen molar-refractivity contribution in [2.24, 2.45) is 0 Å². The van der Waals surface area contributed by atoms with Crippen LogP contribution in [0.25, 0.3) is 0 Å². The summed E-state index contributed by atoms with van der Waals surface area (Å²) in [5.74, 6) is 1.26. The average Bonchev–Trinajstić information content (AvgIpc) is 2.37. The molecule has 18 heavy (non-hydrogen) atoms. The maximum Gasteiger partial charge on any atom is 0.0624 e. The van der Waals surface area contributed by atoms with Crippen LogP contribution in [0.2, 0.25) is 0 Å². The molecular formula is C14H23NO2S. The normalized spacial score (nSPS) is 14.3. The summed E-state index contributed by atoms with van der Waals surface area (Å²) in [7, 11) is 0.833. The lowest BCUT2D eigenvalue weighted by Crippen LogP contribution is -2.38. The Morgan fingerprint density at radius 1 is 1.33 bits per heavy atom. The van der Waals surface area contributed by atoms with Gasteiger partial charge in [0, 0.05) is 35.5 Å². The van der Waals surface area contributed by atoms with Crippen LogP contribution >= 0.6 is 0 Å². The van der Waals surface area contributed by atoms with Crippen LogP contribution in [0.5, 0.6) is 0 Å². The van der Waals surface area contributed by atoms with Crippen molar-refractivity contribution in [3.8, 4) is 0 Å². The number of ether oxygens (including phenoxy) is 1. The van der Waals surface area contributed by atoms with Gasteiger partial charge in [0.05, 0.1) is 6.61 Å². The molecule has 3 nitrogen and oxygen atoms in total. The second-order valence-electron chi connectivity index (χ2n) is 4.34. The predicted octanol–water partition coefficient (Wildman–Crippen LogP) is 1.95. The quantitative estimate of drug-likeness (QED) is 0.744. The third kappa shape index (κ3) is 6.28. The molecule has 4 heteroatoms. The van der Waals surface area contributed by atoms with Crippen LogP contribution in [-0.4, -0.2) is 36.3 Å². The molecule has 0 aromatic heterocycles. The van der Waals surface area contributed by atoms with E-state index in [2.05, 4.69) is 12.2 Å². The highest BCUT2D eigenvalue weighted by atomic mass is 32.2. The molecule has 0 aliphatic carbocycles. The van der Waals surface area contributed by atoms with Gasteiger partial charge < -0.3 is 10.1 Å². The van der Waals surface area contributed by atoms with Gasteiger partial charge in [0.2, 0.25) is 0 Å². The van der Waals surface area contributed by atoms with Gasteiger partial charge in [-0.1, -0.05) is 37.3 Å². The molecule has 1 rings (SSSR count). The Bertz CT molecular complexity index is 343. The van der Waals surface area contributed by atoms with Gasteiger partial charge in [0.25, 0.3) is 0 Å². The van der Waals surface area contributed by atoms with Gasteiger partial charge in [0.1, 0.15) is 0 Å². The van der Waals surface area contributed by atoms with E-state index < -0.39 is 10.8 Å². The smallest absolute Gasteiger partial charge is 0.0624 e. The van der Waals surface area contributed by atoms with Crippen LogP contribution < -0.4 is 5.32 Å². The fourth-order valence-corrected chi connectivity index (χ4v) is 3.10. The van der Waals surface area contributed by atoms with E-state index in [4.69, 9.17) is 4.74 Å². The van der Waals surface area contributed by atoms with E-state index in [1.807, 2.05) is 30.3 Å². The van der Waals surface area contributed by atoms with Gasteiger partial charge >= 0.3 is 0 Å². The lowest BCUT2D eigenvalue weighted by Gasteiger charge is -2.17. The zero-order valence-corrected chi connectivity index (χ0v) is 12.0. The predicted molar refractivity (Wildman–Crippen MR) is 77.1 cm³/mol. The van der Waals surface area contributed by atoms with Crippen LogP contribution in [0.4, 0.5) is 0 Å². The molecule has 1 N–H and O–H groups in total. The third-order valence-corrected chi connectivity index (χ3v) is 4.04. The first-order valence-electron chi connectivity index (χ1n) is 6.37. The highest BCUT2D eigenvalue weighted by Crippen LogP contribution is 2.04. The number of hydrogen-bond donors (Lipinski definition) is 1. The second kappa shape index (κ2) is 9.25. The second-order valence-corrected chi connectivity index (χ2v) is 5.84. The van der Waals surface area contributed by atoms with Gasteiger partial charge in [0.15, 0.2) is 0 Å². The average molecular weight is 269 g/mol. The molecule has 0 aliphatic rings. The van der Waals surface area contributed by atoms with E-state index in [1.54, 1.807) is 7.11 Å². The molecule has 0 aliphatic heterocycles. The van der Waals surface area contributed by atoms with Crippen molar-refractivity contribution in [1.82, 2.24) is 5.32 Å². The van der Waals surface area contributed by atoms with Crippen molar-refractivity contribution in [3.63, 3.8) is 0 Å². The Hall–Kier alpha value is -0.710. The molecular weight excluding hydrogens is 246 g/mol. The van der Waals surface area contributed by atoms with Crippen LogP contribution in [0.3, 0.4) is 0 Å². The number of rotatable bonds is 9. The summed E-state index contributed by atoms with van der Waals surface area (Å²) in [5, 5.41) is 3.37. The molecule has 0 heterocycles. The fourth-order valence-electron chi connectivity index (χ4n) is 1.76. The van der Waals surface area contributed by atoms with Gasteiger partial charge in [-0.25, -0.2) is 0 Å². The molecule has 0 fully saturated rings. The first-order valence-corrected chi connectivity index (χ1v) is 7.86. The van der Waals surface area contributed by atoms with E-state index in [0.29, 0.717) is 18.1 Å². The van der Waals surface area contributed by atoms with E-state index in [1.165, 1.54) is 0 Å². The van der Waals surface area contributed by atoms with Gasteiger partial charge in [-0.05, 0) is 18.5 Å². The molecule has 0 bridgehead atoms. The Morgan fingerprint density at radius 3 is 2.67 bits per heavy atom. The van der Waals surface area contributed by atoms with Crippen LogP contribution in [0.15, 0.2) is 30.3 Å². The maximum atomic E-state index is 12.1. The fraction of sp³-hybridized carbons (Fsp3) is 0.571. The van der Waals surface area contributed by atoms with E-state index >= 15 is 0 Å². The molecule has 102 valence electrons. The van der Waals surface area contributed by atoms with Gasteiger partial charge in [-0.3, -0.25) is 4.21 Å². The minimum atomic E-state index is -0.849. The van der Waals surface area contributed by atoms with Crippen molar-refractivity contribution in [2.45, 2.75) is 25.1 Å². The lowest BCUT2D eigenvalue weighted by molar-refractivity contribution is 0.173. The Balaban J connectivity index is 2.40. The summed E-state index contributed by atoms with van der Waals surface area (Å²) in [6.07, 6.45) is 1.07. The van der Waals surface area contributed by atoms with Crippen molar-refractivity contribution in [2.75, 3.05) is 26.0 Å². The zero-order chi connectivity index (χ0) is 13.2. The third-order valence-electron chi connectivity index (χ3n) is 2.61. The number of benzene rings is 1. The Kier molecular flexibility index (Phi) is 7.89. The first-order chi connectivity index (χ1) is 8.76. The minimum Gasteiger partial charge on any atom is -0.383 e. The van der Waals surface area contributed by atoms with Gasteiger partial charge in [-0.2, -0.15) is 0 Å². The van der Waals surface area contributed by atoms with Crippen molar-refractivity contribution in [3.05, 3.63) is 35.9 Å². The topological polar surface area (TPSA) is 38.3 Å². The molecule has 0 saturated carbocycles. The number of hydrogen-bond acceptors (Lipinski definition) is 3. The molecule has 0 saturated heterocycles. The molecule has 0 radical (unpaired) electrons. The van der Waals surface area contributed by atoms with Crippen LogP contribution in [0, 0.1) is 0 Å². The first kappa shape index (κ1) is 15.3. The summed E-state index contributed by atoms with van der Waals surface area (Å²) >= 11 is 0. The number of methoxy groups -OCH3 is 1. The molecule has 0 spiro atoms. The number of nitrogens with one attached hydrogen (secondary N) is 1. The lowest BCUT2D eigenvalue weighted by atomic mass is 10.2. The SMILES string of the molecule is CCCNC(COC)CS(=O)Cc1ccccc1. The molecule has 1 aromatic rings. The Morgan fingerprint density at radius 2 is 2.06 bits per heavy atom. The monoisotopic (exact) mass is 269 g/mol. The highest BCUT2D eigenvalue weighted by Gasteiger charge is 2.12. The summed E-state index contributed by atoms with van der Waals surface area (Å²) < 4.78 is 17.2. The standard InChI is InChI=1S/C14H23NO2S/c1-3-9-15-14(10-17-2)12-18(16)11-13-7-5-4-6-8-13/h4-8,14-15H,3,9-12H2,1-2H3. The molecule has 0 amide bonds.